The van der Waals surface area contributed by atoms with Gasteiger partial charge in [-0.3, -0.25) is 4.79 Å². The molecule has 0 aromatic heterocycles. The molecule has 0 saturated heterocycles. The summed E-state index contributed by atoms with van der Waals surface area (Å²) in [5, 5.41) is 0. The van der Waals surface area contributed by atoms with Crippen LogP contribution in [0.25, 0.3) is 0 Å². The van der Waals surface area contributed by atoms with Crippen LogP contribution in [0.3, 0.4) is 0 Å². The number of carbonyl (C=O) groups is 1. The van der Waals surface area contributed by atoms with Crippen LogP contribution in [0.1, 0.15) is 38.5 Å². The Morgan fingerprint density at radius 3 is 2.10 bits per heavy atom. The molecule has 0 aliphatic heterocycles. The maximum atomic E-state index is 12.8. The van der Waals surface area contributed by atoms with Crippen LogP contribution in [0.2, 0.25) is 0 Å². The van der Waals surface area contributed by atoms with Gasteiger partial charge >= 0.3 is 0 Å². The molecule has 4 fully saturated rings. The molecule has 4 aliphatic carbocycles. The summed E-state index contributed by atoms with van der Waals surface area (Å²) in [5.74, 6) is 3.83. The van der Waals surface area contributed by atoms with E-state index in [9.17, 15) is 4.79 Å². The van der Waals surface area contributed by atoms with Gasteiger partial charge < -0.3 is 0 Å². The van der Waals surface area contributed by atoms with Crippen molar-refractivity contribution in [3.8, 4) is 0 Å². The fraction of sp³-hybridized carbons (Fsp3) is 0.611. The molecule has 1 aromatic rings. The lowest BCUT2D eigenvalue weighted by Crippen LogP contribution is -2.50. The third-order valence-electron chi connectivity index (χ3n) is 5.74. The van der Waals surface area contributed by atoms with Crippen molar-refractivity contribution in [3.05, 3.63) is 30.3 Å². The Hall–Kier alpha value is -0.760. The fourth-order valence-electron chi connectivity index (χ4n) is 5.27. The van der Waals surface area contributed by atoms with Crippen LogP contribution in [0.4, 0.5) is 0 Å². The second-order valence-corrected chi connectivity index (χ2v) is 8.27. The van der Waals surface area contributed by atoms with E-state index in [-0.39, 0.29) is 5.41 Å². The number of carbonyl (C=O) groups excluding carboxylic acids is 1. The van der Waals surface area contributed by atoms with E-state index in [4.69, 9.17) is 0 Å². The van der Waals surface area contributed by atoms with Gasteiger partial charge in [0, 0.05) is 10.3 Å². The number of ketones is 1. The Kier molecular flexibility index (Phi) is 3.17. The highest BCUT2D eigenvalue weighted by molar-refractivity contribution is 8.00. The van der Waals surface area contributed by atoms with Gasteiger partial charge in [-0.25, -0.2) is 0 Å². The Bertz CT molecular complexity index is 472. The summed E-state index contributed by atoms with van der Waals surface area (Å²) in [4.78, 5) is 14.1. The van der Waals surface area contributed by atoms with Crippen LogP contribution in [-0.2, 0) is 4.79 Å². The molecule has 1 aromatic carbocycles. The van der Waals surface area contributed by atoms with E-state index in [0.29, 0.717) is 11.5 Å². The van der Waals surface area contributed by atoms with Crippen molar-refractivity contribution in [3.63, 3.8) is 0 Å². The zero-order valence-corrected chi connectivity index (χ0v) is 12.7. The average Bonchev–Trinajstić information content (AvgIpc) is 2.44. The molecule has 1 nitrogen and oxygen atoms in total. The van der Waals surface area contributed by atoms with Crippen molar-refractivity contribution in [1.82, 2.24) is 0 Å². The number of thioether (sulfide) groups is 1. The van der Waals surface area contributed by atoms with Crippen molar-refractivity contribution in [2.75, 3.05) is 5.75 Å². The highest BCUT2D eigenvalue weighted by Gasteiger charge is 2.53. The molecular formula is C18H22OS. The molecule has 0 spiro atoms. The molecule has 4 saturated carbocycles. The summed E-state index contributed by atoms with van der Waals surface area (Å²) >= 11 is 1.73. The van der Waals surface area contributed by atoms with Crippen molar-refractivity contribution >= 4 is 17.5 Å². The lowest BCUT2D eigenvalue weighted by molar-refractivity contribution is -0.141. The maximum Gasteiger partial charge on any atom is 0.149 e. The first-order valence-corrected chi connectivity index (χ1v) is 8.93. The SMILES string of the molecule is O=C(CSc1ccccc1)C12CC3CC(CC(C3)C1)C2. The van der Waals surface area contributed by atoms with E-state index >= 15 is 0 Å². The summed E-state index contributed by atoms with van der Waals surface area (Å²) in [5.41, 5.74) is 0.0799. The van der Waals surface area contributed by atoms with Crippen LogP contribution < -0.4 is 0 Å². The molecule has 0 amide bonds. The maximum absolute atomic E-state index is 12.8. The third-order valence-corrected chi connectivity index (χ3v) is 6.75. The van der Waals surface area contributed by atoms with Crippen LogP contribution in [0, 0.1) is 23.2 Å². The minimum Gasteiger partial charge on any atom is -0.298 e. The first-order chi connectivity index (χ1) is 9.73. The van der Waals surface area contributed by atoms with Gasteiger partial charge in [-0.15, -0.1) is 11.8 Å². The Balaban J connectivity index is 1.46. The van der Waals surface area contributed by atoms with E-state index in [1.165, 1.54) is 43.4 Å². The minimum atomic E-state index is 0.0799. The first kappa shape index (κ1) is 12.9. The van der Waals surface area contributed by atoms with Gasteiger partial charge in [-0.1, -0.05) is 18.2 Å². The molecular weight excluding hydrogens is 264 g/mol. The molecule has 4 bridgehead atoms. The number of hydrogen-bond acceptors (Lipinski definition) is 2. The molecule has 0 N–H and O–H groups in total. The smallest absolute Gasteiger partial charge is 0.149 e. The highest BCUT2D eigenvalue weighted by atomic mass is 32.2. The number of hydrogen-bond donors (Lipinski definition) is 0. The summed E-state index contributed by atoms with van der Waals surface area (Å²) in [6.45, 7) is 0. The largest absolute Gasteiger partial charge is 0.298 e. The van der Waals surface area contributed by atoms with E-state index in [1.54, 1.807) is 11.8 Å². The summed E-state index contributed by atoms with van der Waals surface area (Å²) < 4.78 is 0. The van der Waals surface area contributed by atoms with Crippen molar-refractivity contribution in [2.24, 2.45) is 23.2 Å². The van der Waals surface area contributed by atoms with Crippen LogP contribution in [-0.4, -0.2) is 11.5 Å². The average molecular weight is 286 g/mol. The predicted octanol–water partition coefficient (Wildman–Crippen LogP) is 4.56. The lowest BCUT2D eigenvalue weighted by Gasteiger charge is -2.56. The number of rotatable bonds is 4. The van der Waals surface area contributed by atoms with Gasteiger partial charge in [0.05, 0.1) is 5.75 Å². The quantitative estimate of drug-likeness (QED) is 0.755. The number of Topliss-reactive ketones (excluding diaryl/α,β-unsaturated/α-hetero) is 1. The van der Waals surface area contributed by atoms with Gasteiger partial charge in [0.2, 0.25) is 0 Å². The van der Waals surface area contributed by atoms with E-state index in [0.717, 1.165) is 17.8 Å². The molecule has 20 heavy (non-hydrogen) atoms. The predicted molar refractivity (Wildman–Crippen MR) is 82.8 cm³/mol. The van der Waals surface area contributed by atoms with E-state index in [1.807, 2.05) is 6.07 Å². The van der Waals surface area contributed by atoms with Crippen LogP contribution >= 0.6 is 11.8 Å². The summed E-state index contributed by atoms with van der Waals surface area (Å²) in [6, 6.07) is 10.4. The zero-order valence-electron chi connectivity index (χ0n) is 11.9. The molecule has 2 heteroatoms. The van der Waals surface area contributed by atoms with Gasteiger partial charge in [0.1, 0.15) is 5.78 Å². The van der Waals surface area contributed by atoms with Crippen LogP contribution in [0.15, 0.2) is 35.2 Å². The Morgan fingerprint density at radius 2 is 1.55 bits per heavy atom. The fourth-order valence-corrected chi connectivity index (χ4v) is 6.22. The van der Waals surface area contributed by atoms with E-state index in [2.05, 4.69) is 24.3 Å². The lowest BCUT2D eigenvalue weighted by atomic mass is 9.48. The Morgan fingerprint density at radius 1 is 1.00 bits per heavy atom. The van der Waals surface area contributed by atoms with Crippen LogP contribution in [0.5, 0.6) is 0 Å². The minimum absolute atomic E-state index is 0.0799. The normalized spacial score (nSPS) is 38.1. The molecule has 0 radical (unpaired) electrons. The van der Waals surface area contributed by atoms with Crippen molar-refractivity contribution in [1.29, 1.82) is 0 Å². The zero-order chi connectivity index (χ0) is 13.6. The Labute approximate surface area is 125 Å². The van der Waals surface area contributed by atoms with Gasteiger partial charge in [0.15, 0.2) is 0 Å². The van der Waals surface area contributed by atoms with E-state index < -0.39 is 0 Å². The molecule has 5 rings (SSSR count). The standard InChI is InChI=1S/C18H22OS/c19-17(12-20-16-4-2-1-3-5-16)18-9-13-6-14(10-18)8-15(7-13)11-18/h1-5,13-15H,6-12H2. The molecule has 0 unspecified atom stereocenters. The topological polar surface area (TPSA) is 17.1 Å². The molecule has 0 heterocycles. The summed E-state index contributed by atoms with van der Waals surface area (Å²) in [6.07, 6.45) is 7.85. The van der Waals surface area contributed by atoms with Gasteiger partial charge in [0.25, 0.3) is 0 Å². The van der Waals surface area contributed by atoms with Crippen molar-refractivity contribution in [2.45, 2.75) is 43.4 Å². The second-order valence-electron chi connectivity index (χ2n) is 7.22. The molecule has 106 valence electrons. The molecule has 0 atom stereocenters. The molecule has 4 aliphatic rings. The highest BCUT2D eigenvalue weighted by Crippen LogP contribution is 2.60. The monoisotopic (exact) mass is 286 g/mol. The van der Waals surface area contributed by atoms with Gasteiger partial charge in [-0.05, 0) is 68.4 Å². The number of benzene rings is 1. The second kappa shape index (κ2) is 4.91. The summed E-state index contributed by atoms with van der Waals surface area (Å²) in [7, 11) is 0. The van der Waals surface area contributed by atoms with Crippen molar-refractivity contribution < 1.29 is 4.79 Å². The van der Waals surface area contributed by atoms with Gasteiger partial charge in [-0.2, -0.15) is 0 Å². The first-order valence-electron chi connectivity index (χ1n) is 7.95. The third kappa shape index (κ3) is 2.22.